The van der Waals surface area contributed by atoms with Crippen molar-refractivity contribution in [3.63, 3.8) is 0 Å². The van der Waals surface area contributed by atoms with Crippen LogP contribution >= 0.6 is 0 Å². The van der Waals surface area contributed by atoms with Crippen molar-refractivity contribution in [1.82, 2.24) is 0 Å². The lowest BCUT2D eigenvalue weighted by Crippen LogP contribution is -2.25. The predicted molar refractivity (Wildman–Crippen MR) is 86.4 cm³/mol. The smallest absolute Gasteiger partial charge is 0.340 e. The van der Waals surface area contributed by atoms with E-state index < -0.39 is 0 Å². The highest BCUT2D eigenvalue weighted by Gasteiger charge is 2.21. The third-order valence-electron chi connectivity index (χ3n) is 4.38. The minimum atomic E-state index is -0.316. The summed E-state index contributed by atoms with van der Waals surface area (Å²) in [4.78, 5) is 12.0. The number of hydrogen-bond acceptors (Lipinski definition) is 4. The second kappa shape index (κ2) is 7.34. The van der Waals surface area contributed by atoms with E-state index >= 15 is 0 Å². The molecule has 1 aromatic rings. The van der Waals surface area contributed by atoms with Crippen LogP contribution in [-0.4, -0.2) is 19.1 Å². The van der Waals surface area contributed by atoms with Gasteiger partial charge in [0.25, 0.3) is 0 Å². The van der Waals surface area contributed by atoms with E-state index in [-0.39, 0.29) is 5.97 Å². The standard InChI is InChI=1S/C17H26N2O2/c1-3-21-17(20)15-10-14(18)8-9-16(15)19-11-13-7-5-4-6-12(13)2/h8-10,12-13,19H,3-7,11,18H2,1-2H3. The first kappa shape index (κ1) is 15.7. The molecule has 4 heteroatoms. The van der Waals surface area contributed by atoms with Gasteiger partial charge >= 0.3 is 5.97 Å². The van der Waals surface area contributed by atoms with E-state index in [4.69, 9.17) is 10.5 Å². The van der Waals surface area contributed by atoms with Gasteiger partial charge in [0, 0.05) is 17.9 Å². The fraction of sp³-hybridized carbons (Fsp3) is 0.588. The number of carbonyl (C=O) groups excluding carboxylic acids is 1. The normalized spacial score (nSPS) is 21.8. The molecule has 0 radical (unpaired) electrons. The van der Waals surface area contributed by atoms with Crippen LogP contribution in [0.4, 0.5) is 11.4 Å². The number of esters is 1. The highest BCUT2D eigenvalue weighted by atomic mass is 16.5. The Balaban J connectivity index is 2.06. The van der Waals surface area contributed by atoms with E-state index in [1.165, 1.54) is 25.7 Å². The molecule has 0 spiro atoms. The van der Waals surface area contributed by atoms with Gasteiger partial charge in [-0.1, -0.05) is 26.2 Å². The Kier molecular flexibility index (Phi) is 5.48. The van der Waals surface area contributed by atoms with Crippen LogP contribution in [0.1, 0.15) is 49.9 Å². The molecule has 21 heavy (non-hydrogen) atoms. The molecule has 2 atom stereocenters. The van der Waals surface area contributed by atoms with Gasteiger partial charge in [-0.15, -0.1) is 0 Å². The molecule has 116 valence electrons. The fourth-order valence-electron chi connectivity index (χ4n) is 3.03. The van der Waals surface area contributed by atoms with Crippen molar-refractivity contribution in [2.45, 2.75) is 39.5 Å². The SMILES string of the molecule is CCOC(=O)c1cc(N)ccc1NCC1CCCCC1C. The van der Waals surface area contributed by atoms with Gasteiger partial charge in [-0.25, -0.2) is 4.79 Å². The third-order valence-corrected chi connectivity index (χ3v) is 4.38. The summed E-state index contributed by atoms with van der Waals surface area (Å²) in [5.41, 5.74) is 7.71. The Hall–Kier alpha value is -1.71. The van der Waals surface area contributed by atoms with Gasteiger partial charge in [-0.3, -0.25) is 0 Å². The summed E-state index contributed by atoms with van der Waals surface area (Å²) in [7, 11) is 0. The van der Waals surface area contributed by atoms with Crippen LogP contribution in [0.15, 0.2) is 18.2 Å². The van der Waals surface area contributed by atoms with Crippen LogP contribution in [0.2, 0.25) is 0 Å². The molecule has 3 N–H and O–H groups in total. The number of carbonyl (C=O) groups is 1. The largest absolute Gasteiger partial charge is 0.462 e. The molecule has 0 saturated heterocycles. The zero-order valence-electron chi connectivity index (χ0n) is 13.0. The second-order valence-corrected chi connectivity index (χ2v) is 5.93. The molecular formula is C17H26N2O2. The van der Waals surface area contributed by atoms with E-state index in [0.29, 0.717) is 23.8 Å². The van der Waals surface area contributed by atoms with Crippen molar-refractivity contribution in [2.75, 3.05) is 24.2 Å². The Morgan fingerprint density at radius 3 is 2.86 bits per heavy atom. The van der Waals surface area contributed by atoms with Crippen molar-refractivity contribution in [1.29, 1.82) is 0 Å². The summed E-state index contributed by atoms with van der Waals surface area (Å²) in [5.74, 6) is 1.10. The minimum absolute atomic E-state index is 0.316. The number of anilines is 2. The molecule has 0 aliphatic heterocycles. The summed E-state index contributed by atoms with van der Waals surface area (Å²) in [6.07, 6.45) is 5.22. The molecule has 4 nitrogen and oxygen atoms in total. The van der Waals surface area contributed by atoms with E-state index in [0.717, 1.165) is 18.2 Å². The number of nitrogen functional groups attached to an aromatic ring is 1. The van der Waals surface area contributed by atoms with Gasteiger partial charge in [0.1, 0.15) is 0 Å². The first-order valence-corrected chi connectivity index (χ1v) is 7.92. The quantitative estimate of drug-likeness (QED) is 0.641. The van der Waals surface area contributed by atoms with E-state index in [9.17, 15) is 4.79 Å². The molecule has 2 unspecified atom stereocenters. The molecule has 1 aliphatic carbocycles. The molecular weight excluding hydrogens is 264 g/mol. The lowest BCUT2D eigenvalue weighted by atomic mass is 9.80. The van der Waals surface area contributed by atoms with Gasteiger partial charge in [-0.2, -0.15) is 0 Å². The maximum atomic E-state index is 12.0. The van der Waals surface area contributed by atoms with Gasteiger partial charge in [0.15, 0.2) is 0 Å². The predicted octanol–water partition coefficient (Wildman–Crippen LogP) is 3.68. The number of benzene rings is 1. The summed E-state index contributed by atoms with van der Waals surface area (Å²) in [6.45, 7) is 5.39. The highest BCUT2D eigenvalue weighted by molar-refractivity contribution is 5.96. The minimum Gasteiger partial charge on any atom is -0.462 e. The maximum absolute atomic E-state index is 12.0. The molecule has 2 rings (SSSR count). The molecule has 1 aromatic carbocycles. The van der Waals surface area contributed by atoms with Gasteiger partial charge in [0.05, 0.1) is 12.2 Å². The van der Waals surface area contributed by atoms with Crippen molar-refractivity contribution in [3.8, 4) is 0 Å². The molecule has 0 amide bonds. The second-order valence-electron chi connectivity index (χ2n) is 5.93. The summed E-state index contributed by atoms with van der Waals surface area (Å²) in [5, 5.41) is 3.42. The topological polar surface area (TPSA) is 64.3 Å². The van der Waals surface area contributed by atoms with Crippen LogP contribution in [0.25, 0.3) is 0 Å². The van der Waals surface area contributed by atoms with Crippen LogP contribution in [-0.2, 0) is 4.74 Å². The van der Waals surface area contributed by atoms with Gasteiger partial charge < -0.3 is 15.8 Å². The summed E-state index contributed by atoms with van der Waals surface area (Å²) >= 11 is 0. The maximum Gasteiger partial charge on any atom is 0.340 e. The molecule has 0 heterocycles. The molecule has 1 aliphatic rings. The Morgan fingerprint density at radius 1 is 1.38 bits per heavy atom. The van der Waals surface area contributed by atoms with E-state index in [1.54, 1.807) is 13.0 Å². The highest BCUT2D eigenvalue weighted by Crippen LogP contribution is 2.30. The van der Waals surface area contributed by atoms with E-state index in [2.05, 4.69) is 12.2 Å². The zero-order valence-corrected chi connectivity index (χ0v) is 13.0. The van der Waals surface area contributed by atoms with Crippen molar-refractivity contribution >= 4 is 17.3 Å². The van der Waals surface area contributed by atoms with E-state index in [1.807, 2.05) is 12.1 Å². The average molecular weight is 290 g/mol. The molecule has 1 saturated carbocycles. The van der Waals surface area contributed by atoms with Crippen LogP contribution in [0, 0.1) is 11.8 Å². The van der Waals surface area contributed by atoms with Crippen LogP contribution < -0.4 is 11.1 Å². The summed E-state index contributed by atoms with van der Waals surface area (Å²) in [6, 6.07) is 5.37. The zero-order chi connectivity index (χ0) is 15.2. The molecule has 1 fully saturated rings. The molecule has 0 aromatic heterocycles. The number of ether oxygens (including phenoxy) is 1. The van der Waals surface area contributed by atoms with Crippen LogP contribution in [0.5, 0.6) is 0 Å². The van der Waals surface area contributed by atoms with Gasteiger partial charge in [0.2, 0.25) is 0 Å². The number of rotatable bonds is 5. The Labute approximate surface area is 127 Å². The number of hydrogen-bond donors (Lipinski definition) is 2. The number of nitrogens with two attached hydrogens (primary N) is 1. The van der Waals surface area contributed by atoms with Crippen molar-refractivity contribution in [2.24, 2.45) is 11.8 Å². The first-order valence-electron chi connectivity index (χ1n) is 7.92. The average Bonchev–Trinajstić information content (AvgIpc) is 2.47. The first-order chi connectivity index (χ1) is 10.1. The van der Waals surface area contributed by atoms with Crippen LogP contribution in [0.3, 0.4) is 0 Å². The third kappa shape index (κ3) is 4.13. The number of nitrogens with one attached hydrogen (secondary N) is 1. The van der Waals surface area contributed by atoms with Crippen molar-refractivity contribution in [3.05, 3.63) is 23.8 Å². The Morgan fingerprint density at radius 2 is 2.14 bits per heavy atom. The lowest BCUT2D eigenvalue weighted by molar-refractivity contribution is 0.0527. The monoisotopic (exact) mass is 290 g/mol. The van der Waals surface area contributed by atoms with Crippen molar-refractivity contribution < 1.29 is 9.53 Å². The molecule has 0 bridgehead atoms. The lowest BCUT2D eigenvalue weighted by Gasteiger charge is -2.29. The van der Waals surface area contributed by atoms with Gasteiger partial charge in [-0.05, 0) is 43.4 Å². The fourth-order valence-corrected chi connectivity index (χ4v) is 3.03. The summed E-state index contributed by atoms with van der Waals surface area (Å²) < 4.78 is 5.10. The Bertz CT molecular complexity index is 488.